The molecule has 3 nitrogen and oxygen atoms in total. The maximum absolute atomic E-state index is 5.64. The van der Waals surface area contributed by atoms with Crippen LogP contribution >= 0.6 is 0 Å². The first-order chi connectivity index (χ1) is 11.4. The average Bonchev–Trinajstić information content (AvgIpc) is 3.03. The molecule has 1 aliphatic carbocycles. The van der Waals surface area contributed by atoms with E-state index >= 15 is 0 Å². The maximum Gasteiger partial charge on any atom is 0.129 e. The highest BCUT2D eigenvalue weighted by Crippen LogP contribution is 2.30. The highest BCUT2D eigenvalue weighted by Gasteiger charge is 2.20. The Morgan fingerprint density at radius 2 is 1.83 bits per heavy atom. The molecule has 120 valence electrons. The zero-order valence-corrected chi connectivity index (χ0v) is 13.6. The van der Waals surface area contributed by atoms with Gasteiger partial charge in [-0.3, -0.25) is 4.90 Å². The van der Waals surface area contributed by atoms with Gasteiger partial charge in [-0.05, 0) is 55.1 Å². The lowest BCUT2D eigenvalue weighted by Crippen LogP contribution is -2.32. The summed E-state index contributed by atoms with van der Waals surface area (Å²) in [6.45, 7) is 4.14. The largest absolute Gasteiger partial charge is 0.394 e. The number of nitrogens with zero attached hydrogens (tertiary/aromatic N) is 2. The predicted octanol–water partition coefficient (Wildman–Crippen LogP) is 3.99. The molecule has 0 amide bonds. The summed E-state index contributed by atoms with van der Waals surface area (Å²) in [4.78, 5) is 8.12. The van der Waals surface area contributed by atoms with Gasteiger partial charge in [0.15, 0.2) is 0 Å². The zero-order chi connectivity index (χ0) is 15.5. The Balaban J connectivity index is 1.42. The SMILES string of the molecule is c1ccc2c3c(ccc2c1)/C(=N\OCCN1CCCCC1)CC3. The van der Waals surface area contributed by atoms with Gasteiger partial charge in [0.2, 0.25) is 0 Å². The van der Waals surface area contributed by atoms with Crippen molar-refractivity contribution in [2.24, 2.45) is 5.16 Å². The first kappa shape index (κ1) is 14.7. The summed E-state index contributed by atoms with van der Waals surface area (Å²) in [5, 5.41) is 7.13. The molecular weight excluding hydrogens is 284 g/mol. The third-order valence-electron chi connectivity index (χ3n) is 5.09. The lowest BCUT2D eigenvalue weighted by Gasteiger charge is -2.25. The van der Waals surface area contributed by atoms with E-state index in [1.165, 1.54) is 54.3 Å². The molecule has 0 saturated carbocycles. The van der Waals surface area contributed by atoms with E-state index in [0.29, 0.717) is 6.61 Å². The van der Waals surface area contributed by atoms with E-state index in [1.54, 1.807) is 0 Å². The minimum absolute atomic E-state index is 0.701. The van der Waals surface area contributed by atoms with Crippen LogP contribution in [0.25, 0.3) is 10.8 Å². The molecule has 4 rings (SSSR count). The van der Waals surface area contributed by atoms with Gasteiger partial charge in [0.25, 0.3) is 0 Å². The van der Waals surface area contributed by atoms with Crippen LogP contribution < -0.4 is 0 Å². The van der Waals surface area contributed by atoms with Crippen molar-refractivity contribution in [1.29, 1.82) is 0 Å². The summed E-state index contributed by atoms with van der Waals surface area (Å²) in [6.07, 6.45) is 6.10. The zero-order valence-electron chi connectivity index (χ0n) is 13.6. The van der Waals surface area contributed by atoms with Gasteiger partial charge in [0, 0.05) is 12.1 Å². The lowest BCUT2D eigenvalue weighted by atomic mass is 10.0. The van der Waals surface area contributed by atoms with E-state index in [2.05, 4.69) is 46.5 Å². The standard InChI is InChI=1S/C20H24N2O/c1-4-12-22(13-5-1)14-15-23-21-20-11-10-18-17-7-3-2-6-16(17)8-9-19(18)20/h2-3,6-9H,1,4-5,10-15H2/b21-20-. The van der Waals surface area contributed by atoms with E-state index in [9.17, 15) is 0 Å². The summed E-state index contributed by atoms with van der Waals surface area (Å²) in [5.74, 6) is 0. The number of aryl methyl sites for hydroxylation is 1. The molecule has 3 heteroatoms. The molecule has 0 bridgehead atoms. The highest BCUT2D eigenvalue weighted by molar-refractivity contribution is 6.08. The maximum atomic E-state index is 5.64. The number of oxime groups is 1. The Kier molecular flexibility index (Phi) is 4.29. The summed E-state index contributed by atoms with van der Waals surface area (Å²) in [6, 6.07) is 13.0. The molecule has 1 aliphatic heterocycles. The quantitative estimate of drug-likeness (QED) is 0.630. The molecule has 0 spiro atoms. The Morgan fingerprint density at radius 1 is 0.957 bits per heavy atom. The minimum atomic E-state index is 0.701. The van der Waals surface area contributed by atoms with Gasteiger partial charge in [-0.1, -0.05) is 48.0 Å². The van der Waals surface area contributed by atoms with E-state index in [-0.39, 0.29) is 0 Å². The number of likely N-dealkylation sites (tertiary alicyclic amines) is 1. The number of hydrogen-bond donors (Lipinski definition) is 0. The molecule has 1 fully saturated rings. The van der Waals surface area contributed by atoms with Crippen LogP contribution in [0.15, 0.2) is 41.6 Å². The van der Waals surface area contributed by atoms with Crippen LogP contribution in [-0.2, 0) is 11.3 Å². The first-order valence-electron chi connectivity index (χ1n) is 8.84. The van der Waals surface area contributed by atoms with Crippen molar-refractivity contribution in [2.75, 3.05) is 26.2 Å². The molecule has 0 radical (unpaired) electrons. The van der Waals surface area contributed by atoms with Crippen molar-refractivity contribution in [3.05, 3.63) is 47.5 Å². The minimum Gasteiger partial charge on any atom is -0.394 e. The molecule has 0 atom stereocenters. The fourth-order valence-electron chi connectivity index (χ4n) is 3.83. The third kappa shape index (κ3) is 3.11. The van der Waals surface area contributed by atoms with Gasteiger partial charge >= 0.3 is 0 Å². The topological polar surface area (TPSA) is 24.8 Å². The number of benzene rings is 2. The molecule has 2 aromatic carbocycles. The molecule has 0 aromatic heterocycles. The lowest BCUT2D eigenvalue weighted by molar-refractivity contribution is 0.102. The summed E-state index contributed by atoms with van der Waals surface area (Å²) < 4.78 is 0. The Morgan fingerprint density at radius 3 is 2.74 bits per heavy atom. The molecular formula is C20H24N2O. The van der Waals surface area contributed by atoms with Crippen LogP contribution in [0.4, 0.5) is 0 Å². The number of hydrogen-bond acceptors (Lipinski definition) is 3. The van der Waals surface area contributed by atoms with E-state index in [4.69, 9.17) is 4.84 Å². The normalized spacial score (nSPS) is 20.1. The van der Waals surface area contributed by atoms with Crippen LogP contribution in [0.2, 0.25) is 0 Å². The highest BCUT2D eigenvalue weighted by atomic mass is 16.6. The van der Waals surface area contributed by atoms with Crippen molar-refractivity contribution in [3.8, 4) is 0 Å². The van der Waals surface area contributed by atoms with E-state index < -0.39 is 0 Å². The van der Waals surface area contributed by atoms with Gasteiger partial charge in [-0.2, -0.15) is 0 Å². The Labute approximate surface area is 137 Å². The smallest absolute Gasteiger partial charge is 0.129 e. The van der Waals surface area contributed by atoms with Gasteiger partial charge in [-0.25, -0.2) is 0 Å². The van der Waals surface area contributed by atoms with Crippen LogP contribution in [0.3, 0.4) is 0 Å². The molecule has 2 aromatic rings. The van der Waals surface area contributed by atoms with Crippen molar-refractivity contribution in [3.63, 3.8) is 0 Å². The van der Waals surface area contributed by atoms with Crippen LogP contribution in [0.5, 0.6) is 0 Å². The fourth-order valence-corrected chi connectivity index (χ4v) is 3.83. The number of fused-ring (bicyclic) bond motifs is 3. The molecule has 0 unspecified atom stereocenters. The Hall–Kier alpha value is -1.87. The van der Waals surface area contributed by atoms with Crippen LogP contribution in [0, 0.1) is 0 Å². The van der Waals surface area contributed by atoms with Crippen molar-refractivity contribution in [1.82, 2.24) is 4.90 Å². The molecule has 1 saturated heterocycles. The monoisotopic (exact) mass is 308 g/mol. The van der Waals surface area contributed by atoms with E-state index in [1.807, 2.05) is 0 Å². The third-order valence-corrected chi connectivity index (χ3v) is 5.09. The number of piperidine rings is 1. The van der Waals surface area contributed by atoms with Crippen molar-refractivity contribution >= 4 is 16.5 Å². The second-order valence-electron chi connectivity index (χ2n) is 6.59. The molecule has 1 heterocycles. The predicted molar refractivity (Wildman–Crippen MR) is 95.0 cm³/mol. The van der Waals surface area contributed by atoms with Crippen LogP contribution in [-0.4, -0.2) is 36.9 Å². The van der Waals surface area contributed by atoms with Crippen molar-refractivity contribution < 1.29 is 4.84 Å². The van der Waals surface area contributed by atoms with Gasteiger partial charge in [-0.15, -0.1) is 0 Å². The molecule has 23 heavy (non-hydrogen) atoms. The van der Waals surface area contributed by atoms with Crippen molar-refractivity contribution in [2.45, 2.75) is 32.1 Å². The fraction of sp³-hybridized carbons (Fsp3) is 0.450. The van der Waals surface area contributed by atoms with E-state index in [0.717, 1.165) is 25.1 Å². The molecule has 0 N–H and O–H groups in total. The first-order valence-corrected chi connectivity index (χ1v) is 8.84. The molecule has 2 aliphatic rings. The second-order valence-corrected chi connectivity index (χ2v) is 6.59. The summed E-state index contributed by atoms with van der Waals surface area (Å²) in [5.41, 5.74) is 3.83. The van der Waals surface area contributed by atoms with Gasteiger partial charge < -0.3 is 4.84 Å². The van der Waals surface area contributed by atoms with Crippen LogP contribution in [0.1, 0.15) is 36.8 Å². The van der Waals surface area contributed by atoms with Gasteiger partial charge in [0.05, 0.1) is 5.71 Å². The Bertz CT molecular complexity index is 717. The number of rotatable bonds is 4. The summed E-state index contributed by atoms with van der Waals surface area (Å²) >= 11 is 0. The van der Waals surface area contributed by atoms with Gasteiger partial charge in [0.1, 0.15) is 6.61 Å². The second kappa shape index (κ2) is 6.71. The average molecular weight is 308 g/mol. The summed E-state index contributed by atoms with van der Waals surface area (Å²) in [7, 11) is 0.